The largest absolute Gasteiger partial charge is 0.481 e. The summed E-state index contributed by atoms with van der Waals surface area (Å²) < 4.78 is 0. The first kappa shape index (κ1) is 13.1. The van der Waals surface area contributed by atoms with E-state index in [0.29, 0.717) is 5.92 Å². The smallest absolute Gasteiger partial charge is 0.306 e. The zero-order valence-corrected chi connectivity index (χ0v) is 10.9. The molecule has 18 heavy (non-hydrogen) atoms. The number of carboxylic acids is 1. The van der Waals surface area contributed by atoms with Crippen molar-refractivity contribution in [3.05, 3.63) is 30.1 Å². The van der Waals surface area contributed by atoms with E-state index in [4.69, 9.17) is 0 Å². The average Bonchev–Trinajstić information content (AvgIpc) is 2.39. The molecule has 3 atom stereocenters. The normalized spacial score (nSPS) is 27.9. The monoisotopic (exact) mass is 247 g/mol. The van der Waals surface area contributed by atoms with Gasteiger partial charge in [-0.25, -0.2) is 0 Å². The first-order chi connectivity index (χ1) is 8.70. The number of aliphatic carboxylic acids is 1. The number of hydrogen-bond donors (Lipinski definition) is 1. The van der Waals surface area contributed by atoms with Crippen molar-refractivity contribution in [2.75, 3.05) is 0 Å². The Morgan fingerprint density at radius 3 is 2.94 bits per heavy atom. The summed E-state index contributed by atoms with van der Waals surface area (Å²) in [5.74, 6) is 0.166. The van der Waals surface area contributed by atoms with Crippen LogP contribution in [0.25, 0.3) is 0 Å². The van der Waals surface area contributed by atoms with Gasteiger partial charge in [-0.2, -0.15) is 0 Å². The highest BCUT2D eigenvalue weighted by molar-refractivity contribution is 5.70. The standard InChI is InChI=1S/C15H21NO2/c1-2-11-5-6-14(15(17)18)13(8-11)9-12-4-3-7-16-10-12/h3-4,7,10-11,13-14H,2,5-6,8-9H2,1H3,(H,17,18). The van der Waals surface area contributed by atoms with Crippen LogP contribution in [0.15, 0.2) is 24.5 Å². The van der Waals surface area contributed by atoms with Crippen LogP contribution in [0.3, 0.4) is 0 Å². The Balaban J connectivity index is 2.07. The topological polar surface area (TPSA) is 50.2 Å². The molecule has 0 saturated heterocycles. The van der Waals surface area contributed by atoms with Gasteiger partial charge in [0.2, 0.25) is 0 Å². The summed E-state index contributed by atoms with van der Waals surface area (Å²) in [6.07, 6.45) is 8.57. The maximum atomic E-state index is 11.3. The van der Waals surface area contributed by atoms with Crippen LogP contribution < -0.4 is 0 Å². The maximum absolute atomic E-state index is 11.3. The van der Waals surface area contributed by atoms with E-state index in [9.17, 15) is 9.90 Å². The lowest BCUT2D eigenvalue weighted by atomic mass is 9.71. The van der Waals surface area contributed by atoms with Crippen LogP contribution in [0.2, 0.25) is 0 Å². The molecule has 98 valence electrons. The van der Waals surface area contributed by atoms with Crippen LogP contribution in [0.5, 0.6) is 0 Å². The molecule has 2 rings (SSSR count). The van der Waals surface area contributed by atoms with Gasteiger partial charge in [0.15, 0.2) is 0 Å². The van der Waals surface area contributed by atoms with Crippen molar-refractivity contribution >= 4 is 5.97 Å². The van der Waals surface area contributed by atoms with Crippen LogP contribution in [0.4, 0.5) is 0 Å². The molecular formula is C15H21NO2. The predicted octanol–water partition coefficient (Wildman–Crippen LogP) is 3.15. The van der Waals surface area contributed by atoms with E-state index in [-0.39, 0.29) is 11.8 Å². The van der Waals surface area contributed by atoms with Crippen LogP contribution in [0, 0.1) is 17.8 Å². The molecule has 1 aromatic rings. The molecule has 1 saturated carbocycles. The molecule has 0 aliphatic heterocycles. The van der Waals surface area contributed by atoms with E-state index < -0.39 is 5.97 Å². The maximum Gasteiger partial charge on any atom is 0.306 e. The summed E-state index contributed by atoms with van der Waals surface area (Å²) >= 11 is 0. The second-order valence-electron chi connectivity index (χ2n) is 5.36. The van der Waals surface area contributed by atoms with Gasteiger partial charge in [-0.05, 0) is 49.1 Å². The Bertz CT molecular complexity index is 391. The Morgan fingerprint density at radius 2 is 2.33 bits per heavy atom. The Morgan fingerprint density at radius 1 is 1.50 bits per heavy atom. The third-order valence-electron chi connectivity index (χ3n) is 4.21. The van der Waals surface area contributed by atoms with Crippen molar-refractivity contribution in [1.29, 1.82) is 0 Å². The Kier molecular flexibility index (Phi) is 4.34. The van der Waals surface area contributed by atoms with Crippen molar-refractivity contribution in [2.24, 2.45) is 17.8 Å². The van der Waals surface area contributed by atoms with Gasteiger partial charge >= 0.3 is 5.97 Å². The number of aromatic nitrogens is 1. The van der Waals surface area contributed by atoms with Gasteiger partial charge < -0.3 is 5.11 Å². The first-order valence-corrected chi connectivity index (χ1v) is 6.82. The summed E-state index contributed by atoms with van der Waals surface area (Å²) in [4.78, 5) is 15.4. The highest BCUT2D eigenvalue weighted by atomic mass is 16.4. The number of pyridine rings is 1. The zero-order chi connectivity index (χ0) is 13.0. The number of nitrogens with zero attached hydrogens (tertiary/aromatic N) is 1. The third-order valence-corrected chi connectivity index (χ3v) is 4.21. The molecule has 0 amide bonds. The van der Waals surface area contributed by atoms with Crippen molar-refractivity contribution in [2.45, 2.75) is 39.0 Å². The van der Waals surface area contributed by atoms with E-state index in [0.717, 1.165) is 37.7 Å². The lowest BCUT2D eigenvalue weighted by molar-refractivity contribution is -0.145. The lowest BCUT2D eigenvalue weighted by Crippen LogP contribution is -2.31. The van der Waals surface area contributed by atoms with Crippen LogP contribution in [-0.4, -0.2) is 16.1 Å². The zero-order valence-electron chi connectivity index (χ0n) is 10.9. The fraction of sp³-hybridized carbons (Fsp3) is 0.600. The van der Waals surface area contributed by atoms with Gasteiger partial charge in [-0.1, -0.05) is 19.4 Å². The molecule has 1 N–H and O–H groups in total. The van der Waals surface area contributed by atoms with E-state index in [1.165, 1.54) is 0 Å². The molecule has 3 heteroatoms. The van der Waals surface area contributed by atoms with E-state index >= 15 is 0 Å². The van der Waals surface area contributed by atoms with E-state index in [2.05, 4.69) is 11.9 Å². The minimum atomic E-state index is -0.626. The van der Waals surface area contributed by atoms with Crippen LogP contribution in [-0.2, 0) is 11.2 Å². The fourth-order valence-electron chi connectivity index (χ4n) is 3.10. The van der Waals surface area contributed by atoms with Gasteiger partial charge in [0, 0.05) is 12.4 Å². The fourth-order valence-corrected chi connectivity index (χ4v) is 3.10. The Hall–Kier alpha value is -1.38. The summed E-state index contributed by atoms with van der Waals surface area (Å²) in [6, 6.07) is 3.96. The van der Waals surface area contributed by atoms with Gasteiger partial charge in [0.1, 0.15) is 0 Å². The highest BCUT2D eigenvalue weighted by Crippen LogP contribution is 2.37. The number of rotatable bonds is 4. The van der Waals surface area contributed by atoms with Gasteiger partial charge in [0.05, 0.1) is 5.92 Å². The molecule has 3 nitrogen and oxygen atoms in total. The average molecular weight is 247 g/mol. The minimum absolute atomic E-state index is 0.173. The second kappa shape index (κ2) is 5.98. The summed E-state index contributed by atoms with van der Waals surface area (Å²) in [5.41, 5.74) is 1.16. The van der Waals surface area contributed by atoms with Crippen molar-refractivity contribution < 1.29 is 9.90 Å². The SMILES string of the molecule is CCC1CCC(C(=O)O)C(Cc2cccnc2)C1. The van der Waals surface area contributed by atoms with Crippen molar-refractivity contribution in [3.63, 3.8) is 0 Å². The van der Waals surface area contributed by atoms with Gasteiger partial charge in [-0.15, -0.1) is 0 Å². The first-order valence-electron chi connectivity index (χ1n) is 6.82. The third kappa shape index (κ3) is 3.09. The number of carboxylic acid groups (broad SMARTS) is 1. The molecule has 1 aliphatic carbocycles. The second-order valence-corrected chi connectivity index (χ2v) is 5.36. The molecule has 0 spiro atoms. The van der Waals surface area contributed by atoms with Crippen molar-refractivity contribution in [3.8, 4) is 0 Å². The molecule has 1 fully saturated rings. The Labute approximate surface area is 108 Å². The lowest BCUT2D eigenvalue weighted by Gasteiger charge is -2.33. The van der Waals surface area contributed by atoms with E-state index in [1.807, 2.05) is 18.3 Å². The molecular weight excluding hydrogens is 226 g/mol. The number of carbonyl (C=O) groups is 1. The highest BCUT2D eigenvalue weighted by Gasteiger charge is 2.34. The van der Waals surface area contributed by atoms with Crippen LogP contribution >= 0.6 is 0 Å². The molecule has 0 bridgehead atoms. The quantitative estimate of drug-likeness (QED) is 0.889. The minimum Gasteiger partial charge on any atom is -0.481 e. The molecule has 0 aromatic carbocycles. The summed E-state index contributed by atoms with van der Waals surface area (Å²) in [5, 5.41) is 9.33. The van der Waals surface area contributed by atoms with Crippen molar-refractivity contribution in [1.82, 2.24) is 4.98 Å². The molecule has 1 heterocycles. The number of hydrogen-bond acceptors (Lipinski definition) is 2. The molecule has 3 unspecified atom stereocenters. The van der Waals surface area contributed by atoms with Crippen LogP contribution in [0.1, 0.15) is 38.2 Å². The molecule has 1 aromatic heterocycles. The van der Waals surface area contributed by atoms with Gasteiger partial charge in [0.25, 0.3) is 0 Å². The predicted molar refractivity (Wildman–Crippen MR) is 70.2 cm³/mol. The summed E-state index contributed by atoms with van der Waals surface area (Å²) in [7, 11) is 0. The molecule has 1 aliphatic rings. The van der Waals surface area contributed by atoms with E-state index in [1.54, 1.807) is 6.20 Å². The molecule has 0 radical (unpaired) electrons. The summed E-state index contributed by atoms with van der Waals surface area (Å²) in [6.45, 7) is 2.20. The van der Waals surface area contributed by atoms with Gasteiger partial charge in [-0.3, -0.25) is 9.78 Å².